The van der Waals surface area contributed by atoms with E-state index in [0.29, 0.717) is 6.04 Å². The second-order valence-corrected chi connectivity index (χ2v) is 10.4. The molecular weight excluding hydrogens is 430 g/mol. The maximum absolute atomic E-state index is 5.30. The average molecular weight is 464 g/mol. The molecule has 174 valence electrons. The standard InChI is InChI=1S/C26H33N5OS/c1-18(25-16-30-26(33-25)20-11-23(32-2)15-27-13-20)24-9-8-22(14-29-24)31-10-4-7-21(17-31)28-12-19-5-3-6-19/h8-9,11,13-16,18-19,21,28H,3-7,10,12,17H2,1-2H3/t18?,21-/m1/s1. The molecule has 0 amide bonds. The van der Waals surface area contributed by atoms with Gasteiger partial charge < -0.3 is 15.0 Å². The molecule has 1 saturated heterocycles. The lowest BCUT2D eigenvalue weighted by Gasteiger charge is -2.36. The lowest BCUT2D eigenvalue weighted by molar-refractivity contribution is 0.280. The minimum Gasteiger partial charge on any atom is -0.495 e. The van der Waals surface area contributed by atoms with Gasteiger partial charge in [0.1, 0.15) is 10.8 Å². The summed E-state index contributed by atoms with van der Waals surface area (Å²) in [7, 11) is 1.65. The van der Waals surface area contributed by atoms with Crippen molar-refractivity contribution in [2.75, 3.05) is 31.6 Å². The number of methoxy groups -OCH3 is 1. The Morgan fingerprint density at radius 2 is 2.03 bits per heavy atom. The second kappa shape index (κ2) is 10.2. The van der Waals surface area contributed by atoms with Crippen molar-refractivity contribution in [1.29, 1.82) is 0 Å². The summed E-state index contributed by atoms with van der Waals surface area (Å²) in [5.41, 5.74) is 3.29. The molecule has 0 bridgehead atoms. The van der Waals surface area contributed by atoms with Crippen molar-refractivity contribution < 1.29 is 4.74 Å². The quantitative estimate of drug-likeness (QED) is 0.500. The third kappa shape index (κ3) is 5.20. The Kier molecular flexibility index (Phi) is 6.88. The van der Waals surface area contributed by atoms with Crippen LogP contribution in [-0.2, 0) is 0 Å². The molecule has 1 saturated carbocycles. The molecule has 0 radical (unpaired) electrons. The zero-order valence-electron chi connectivity index (χ0n) is 19.5. The van der Waals surface area contributed by atoms with E-state index in [-0.39, 0.29) is 5.92 Å². The first kappa shape index (κ1) is 22.3. The number of nitrogens with one attached hydrogen (secondary N) is 1. The van der Waals surface area contributed by atoms with Crippen molar-refractivity contribution in [1.82, 2.24) is 20.3 Å². The lowest BCUT2D eigenvalue weighted by atomic mass is 9.85. The van der Waals surface area contributed by atoms with Gasteiger partial charge in [0, 0.05) is 53.6 Å². The highest BCUT2D eigenvalue weighted by Crippen LogP contribution is 2.34. The van der Waals surface area contributed by atoms with Crippen molar-refractivity contribution in [3.05, 3.63) is 53.6 Å². The maximum Gasteiger partial charge on any atom is 0.137 e. The van der Waals surface area contributed by atoms with E-state index in [1.807, 2.05) is 24.7 Å². The number of rotatable bonds is 8. The summed E-state index contributed by atoms with van der Waals surface area (Å²) >= 11 is 1.69. The van der Waals surface area contributed by atoms with Crippen LogP contribution in [0.3, 0.4) is 0 Å². The molecule has 2 aliphatic rings. The average Bonchev–Trinajstić information content (AvgIpc) is 3.33. The van der Waals surface area contributed by atoms with E-state index >= 15 is 0 Å². The number of piperidine rings is 1. The van der Waals surface area contributed by atoms with Crippen LogP contribution < -0.4 is 15.0 Å². The Bertz CT molecular complexity index is 1050. The fourth-order valence-electron chi connectivity index (χ4n) is 4.66. The summed E-state index contributed by atoms with van der Waals surface area (Å²) in [4.78, 5) is 17.4. The van der Waals surface area contributed by atoms with Crippen molar-refractivity contribution in [3.63, 3.8) is 0 Å². The van der Waals surface area contributed by atoms with Gasteiger partial charge in [0.05, 0.1) is 25.2 Å². The van der Waals surface area contributed by atoms with Gasteiger partial charge >= 0.3 is 0 Å². The number of nitrogens with zero attached hydrogens (tertiary/aromatic N) is 4. The molecule has 3 aromatic heterocycles. The van der Waals surface area contributed by atoms with Crippen LogP contribution in [0.4, 0.5) is 5.69 Å². The van der Waals surface area contributed by atoms with E-state index in [0.717, 1.165) is 41.0 Å². The topological polar surface area (TPSA) is 63.2 Å². The van der Waals surface area contributed by atoms with E-state index in [1.165, 1.54) is 49.2 Å². The Morgan fingerprint density at radius 1 is 1.12 bits per heavy atom. The Morgan fingerprint density at radius 3 is 2.79 bits per heavy atom. The molecule has 1 aliphatic heterocycles. The first-order valence-electron chi connectivity index (χ1n) is 12.1. The highest BCUT2D eigenvalue weighted by Gasteiger charge is 2.23. The number of ether oxygens (including phenoxy) is 1. The molecule has 2 fully saturated rings. The molecule has 3 aromatic rings. The predicted molar refractivity (Wildman–Crippen MR) is 134 cm³/mol. The normalized spacial score (nSPS) is 19.8. The van der Waals surface area contributed by atoms with E-state index in [4.69, 9.17) is 9.72 Å². The van der Waals surface area contributed by atoms with Gasteiger partial charge in [0.15, 0.2) is 0 Å². The minimum absolute atomic E-state index is 0.196. The second-order valence-electron chi connectivity index (χ2n) is 9.33. The van der Waals surface area contributed by atoms with Gasteiger partial charge in [-0.3, -0.25) is 9.97 Å². The third-order valence-electron chi connectivity index (χ3n) is 7.07. The van der Waals surface area contributed by atoms with Crippen molar-refractivity contribution in [2.45, 2.75) is 51.0 Å². The van der Waals surface area contributed by atoms with Crippen LogP contribution in [0.25, 0.3) is 10.6 Å². The highest BCUT2D eigenvalue weighted by molar-refractivity contribution is 7.15. The fraction of sp³-hybridized carbons (Fsp3) is 0.500. The summed E-state index contributed by atoms with van der Waals surface area (Å²) in [6.45, 7) is 5.58. The predicted octanol–water partition coefficient (Wildman–Crippen LogP) is 5.12. The van der Waals surface area contributed by atoms with Crippen LogP contribution in [0.2, 0.25) is 0 Å². The summed E-state index contributed by atoms with van der Waals surface area (Å²) < 4.78 is 5.30. The van der Waals surface area contributed by atoms with Gasteiger partial charge in [0.25, 0.3) is 0 Å². The smallest absolute Gasteiger partial charge is 0.137 e. The van der Waals surface area contributed by atoms with E-state index in [2.05, 4.69) is 39.2 Å². The van der Waals surface area contributed by atoms with Gasteiger partial charge in [-0.05, 0) is 56.3 Å². The number of hydrogen-bond acceptors (Lipinski definition) is 7. The molecule has 6 nitrogen and oxygen atoms in total. The molecule has 1 aliphatic carbocycles. The van der Waals surface area contributed by atoms with Gasteiger partial charge in [-0.25, -0.2) is 4.98 Å². The van der Waals surface area contributed by atoms with Crippen LogP contribution in [0, 0.1) is 5.92 Å². The van der Waals surface area contributed by atoms with Crippen LogP contribution in [-0.4, -0.2) is 47.7 Å². The van der Waals surface area contributed by atoms with Crippen LogP contribution in [0.5, 0.6) is 5.75 Å². The molecule has 1 N–H and O–H groups in total. The summed E-state index contributed by atoms with van der Waals surface area (Å²) in [5.74, 6) is 1.85. The number of thiazole rings is 1. The zero-order chi connectivity index (χ0) is 22.6. The number of pyridine rings is 2. The van der Waals surface area contributed by atoms with Crippen molar-refractivity contribution in [2.24, 2.45) is 5.92 Å². The summed E-state index contributed by atoms with van der Waals surface area (Å²) in [6.07, 6.45) is 14.3. The molecule has 1 unspecified atom stereocenters. The van der Waals surface area contributed by atoms with Gasteiger partial charge in [-0.15, -0.1) is 11.3 Å². The van der Waals surface area contributed by atoms with E-state index < -0.39 is 0 Å². The zero-order valence-corrected chi connectivity index (χ0v) is 20.4. The lowest BCUT2D eigenvalue weighted by Crippen LogP contribution is -2.47. The Hall–Kier alpha value is -2.51. The van der Waals surface area contributed by atoms with E-state index in [9.17, 15) is 0 Å². The maximum atomic E-state index is 5.30. The monoisotopic (exact) mass is 463 g/mol. The van der Waals surface area contributed by atoms with E-state index in [1.54, 1.807) is 24.6 Å². The van der Waals surface area contributed by atoms with Gasteiger partial charge in [0.2, 0.25) is 0 Å². The molecule has 7 heteroatoms. The van der Waals surface area contributed by atoms with Gasteiger partial charge in [-0.1, -0.05) is 13.3 Å². The summed E-state index contributed by atoms with van der Waals surface area (Å²) in [5, 5.41) is 4.77. The number of anilines is 1. The van der Waals surface area contributed by atoms with Crippen molar-refractivity contribution in [3.8, 4) is 16.3 Å². The minimum atomic E-state index is 0.196. The molecule has 4 heterocycles. The Labute approximate surface area is 200 Å². The first-order valence-corrected chi connectivity index (χ1v) is 12.9. The number of aromatic nitrogens is 3. The molecular formula is C26H33N5OS. The molecule has 0 spiro atoms. The highest BCUT2D eigenvalue weighted by atomic mass is 32.1. The molecule has 33 heavy (non-hydrogen) atoms. The largest absolute Gasteiger partial charge is 0.495 e. The Balaban J connectivity index is 1.22. The fourth-order valence-corrected chi connectivity index (χ4v) is 5.62. The van der Waals surface area contributed by atoms with Gasteiger partial charge in [-0.2, -0.15) is 0 Å². The molecule has 0 aromatic carbocycles. The third-order valence-corrected chi connectivity index (χ3v) is 8.30. The molecule has 2 atom stereocenters. The summed E-state index contributed by atoms with van der Waals surface area (Å²) in [6, 6.07) is 6.99. The van der Waals surface area contributed by atoms with Crippen molar-refractivity contribution >= 4 is 17.0 Å². The molecule has 5 rings (SSSR count). The van der Waals surface area contributed by atoms with Crippen LogP contribution in [0.1, 0.15) is 55.5 Å². The SMILES string of the molecule is COc1cncc(-c2ncc(C(C)c3ccc(N4CCC[C@@H](NCC5CCC5)C4)cn3)s2)c1. The van der Waals surface area contributed by atoms with Crippen LogP contribution in [0.15, 0.2) is 43.0 Å². The number of hydrogen-bond donors (Lipinski definition) is 1. The first-order chi connectivity index (χ1) is 16.2. The van der Waals surface area contributed by atoms with Crippen LogP contribution >= 0.6 is 11.3 Å².